The molecular formula is C15H21NO4. The minimum absolute atomic E-state index is 0.0201. The first-order chi connectivity index (χ1) is 9.56. The second kappa shape index (κ2) is 8.32. The molecule has 110 valence electrons. The van der Waals surface area contributed by atoms with Crippen molar-refractivity contribution in [1.29, 1.82) is 0 Å². The quantitative estimate of drug-likeness (QED) is 0.666. The highest BCUT2D eigenvalue weighted by atomic mass is 16.4. The number of carboxylic acid groups (broad SMARTS) is 1. The third-order valence-electron chi connectivity index (χ3n) is 3.12. The van der Waals surface area contributed by atoms with Crippen LogP contribution in [0, 0.1) is 0 Å². The molecule has 5 nitrogen and oxygen atoms in total. The smallest absolute Gasteiger partial charge is 0.326 e. The third-order valence-corrected chi connectivity index (χ3v) is 3.12. The van der Waals surface area contributed by atoms with Crippen molar-refractivity contribution in [2.75, 3.05) is 6.61 Å². The van der Waals surface area contributed by atoms with Gasteiger partial charge in [0.2, 0.25) is 5.91 Å². The Kier molecular flexibility index (Phi) is 6.73. The van der Waals surface area contributed by atoms with Crippen LogP contribution in [0.2, 0.25) is 0 Å². The maximum atomic E-state index is 11.7. The van der Waals surface area contributed by atoms with E-state index in [0.29, 0.717) is 6.42 Å². The van der Waals surface area contributed by atoms with E-state index in [-0.39, 0.29) is 25.4 Å². The fourth-order valence-corrected chi connectivity index (χ4v) is 1.85. The van der Waals surface area contributed by atoms with Crippen molar-refractivity contribution in [3.8, 4) is 0 Å². The second-order valence-corrected chi connectivity index (χ2v) is 4.64. The number of aliphatic hydroxyl groups is 1. The predicted octanol–water partition coefficient (Wildman–Crippen LogP) is 1.13. The summed E-state index contributed by atoms with van der Waals surface area (Å²) in [7, 11) is 0. The Morgan fingerprint density at radius 3 is 2.30 bits per heavy atom. The van der Waals surface area contributed by atoms with E-state index in [1.54, 1.807) is 0 Å². The minimum atomic E-state index is -1.13. The summed E-state index contributed by atoms with van der Waals surface area (Å²) in [6.45, 7) is 1.81. The highest BCUT2D eigenvalue weighted by molar-refractivity contribution is 5.83. The average molecular weight is 279 g/mol. The summed E-state index contributed by atoms with van der Waals surface area (Å²) in [5.74, 6) is -1.44. The molecule has 0 unspecified atom stereocenters. The molecule has 0 saturated carbocycles. The van der Waals surface area contributed by atoms with E-state index < -0.39 is 12.0 Å². The van der Waals surface area contributed by atoms with Crippen molar-refractivity contribution >= 4 is 11.9 Å². The number of aliphatic carboxylic acids is 1. The largest absolute Gasteiger partial charge is 0.480 e. The molecule has 1 rings (SSSR count). The summed E-state index contributed by atoms with van der Waals surface area (Å²) in [5, 5.41) is 20.0. The summed E-state index contributed by atoms with van der Waals surface area (Å²) in [6, 6.07) is 7.00. The average Bonchev–Trinajstić information content (AvgIpc) is 2.45. The van der Waals surface area contributed by atoms with Crippen LogP contribution >= 0.6 is 0 Å². The van der Waals surface area contributed by atoms with E-state index in [0.717, 1.165) is 12.0 Å². The Bertz CT molecular complexity index is 442. The summed E-state index contributed by atoms with van der Waals surface area (Å²) >= 11 is 0. The first kappa shape index (κ1) is 16.2. The van der Waals surface area contributed by atoms with Crippen LogP contribution in [-0.4, -0.2) is 34.7 Å². The van der Waals surface area contributed by atoms with Crippen molar-refractivity contribution in [3.63, 3.8) is 0 Å². The number of hydrogen-bond acceptors (Lipinski definition) is 3. The predicted molar refractivity (Wildman–Crippen MR) is 75.4 cm³/mol. The topological polar surface area (TPSA) is 86.6 Å². The van der Waals surface area contributed by atoms with Gasteiger partial charge in [0.05, 0.1) is 0 Å². The van der Waals surface area contributed by atoms with Gasteiger partial charge in [-0.25, -0.2) is 4.79 Å². The number of benzene rings is 1. The van der Waals surface area contributed by atoms with Gasteiger partial charge in [-0.3, -0.25) is 4.79 Å². The molecule has 0 aliphatic rings. The van der Waals surface area contributed by atoms with Gasteiger partial charge in [0.1, 0.15) is 6.04 Å². The molecule has 1 amide bonds. The number of nitrogens with one attached hydrogen (secondary N) is 1. The van der Waals surface area contributed by atoms with Gasteiger partial charge < -0.3 is 15.5 Å². The Hall–Kier alpha value is -1.88. The molecule has 1 aromatic rings. The number of rotatable bonds is 8. The van der Waals surface area contributed by atoms with Gasteiger partial charge in [0.25, 0.3) is 0 Å². The molecular weight excluding hydrogens is 258 g/mol. The van der Waals surface area contributed by atoms with Crippen LogP contribution in [0.15, 0.2) is 24.3 Å². The maximum Gasteiger partial charge on any atom is 0.326 e. The van der Waals surface area contributed by atoms with Gasteiger partial charge in [-0.05, 0) is 24.0 Å². The van der Waals surface area contributed by atoms with Crippen molar-refractivity contribution in [2.45, 2.75) is 38.6 Å². The molecule has 20 heavy (non-hydrogen) atoms. The number of carboxylic acids is 1. The Morgan fingerprint density at radius 1 is 1.20 bits per heavy atom. The van der Waals surface area contributed by atoms with Gasteiger partial charge in [0, 0.05) is 19.4 Å². The van der Waals surface area contributed by atoms with E-state index in [9.17, 15) is 9.59 Å². The molecule has 0 saturated heterocycles. The zero-order valence-electron chi connectivity index (χ0n) is 11.6. The highest BCUT2D eigenvalue weighted by Gasteiger charge is 2.18. The second-order valence-electron chi connectivity index (χ2n) is 4.64. The molecule has 0 aliphatic carbocycles. The first-order valence-electron chi connectivity index (χ1n) is 6.77. The Balaban J connectivity index is 2.43. The number of hydrogen-bond donors (Lipinski definition) is 3. The van der Waals surface area contributed by atoms with Crippen LogP contribution in [0.5, 0.6) is 0 Å². The molecule has 0 radical (unpaired) electrons. The van der Waals surface area contributed by atoms with E-state index in [4.69, 9.17) is 10.2 Å². The van der Waals surface area contributed by atoms with E-state index in [1.807, 2.05) is 24.3 Å². The van der Waals surface area contributed by atoms with Gasteiger partial charge in [-0.1, -0.05) is 31.2 Å². The minimum Gasteiger partial charge on any atom is -0.480 e. The van der Waals surface area contributed by atoms with Crippen LogP contribution in [-0.2, 0) is 22.4 Å². The van der Waals surface area contributed by atoms with Crippen LogP contribution in [0.4, 0.5) is 0 Å². The van der Waals surface area contributed by atoms with Gasteiger partial charge in [-0.2, -0.15) is 0 Å². The van der Waals surface area contributed by atoms with Crippen LogP contribution in [0.3, 0.4) is 0 Å². The van der Waals surface area contributed by atoms with Crippen molar-refractivity contribution in [3.05, 3.63) is 35.4 Å². The van der Waals surface area contributed by atoms with Gasteiger partial charge in [-0.15, -0.1) is 0 Å². The number of carbonyl (C=O) groups is 2. The van der Waals surface area contributed by atoms with E-state index in [1.165, 1.54) is 5.56 Å². The lowest BCUT2D eigenvalue weighted by atomic mass is 10.1. The molecule has 0 heterocycles. The van der Waals surface area contributed by atoms with Crippen molar-refractivity contribution in [1.82, 2.24) is 5.32 Å². The standard InChI is InChI=1S/C15H21NO4/c1-2-11-3-5-12(6-4-11)7-8-14(18)16-13(9-10-17)15(19)20/h3-6,13,17H,2,7-10H2,1H3,(H,16,18)(H,19,20)/t13-/m1/s1. The van der Waals surface area contributed by atoms with E-state index >= 15 is 0 Å². The zero-order chi connectivity index (χ0) is 15.0. The SMILES string of the molecule is CCc1ccc(CCC(=O)N[C@H](CCO)C(=O)O)cc1. The summed E-state index contributed by atoms with van der Waals surface area (Å²) in [5.41, 5.74) is 2.29. The number of aryl methyl sites for hydroxylation is 2. The summed E-state index contributed by atoms with van der Waals surface area (Å²) in [6.07, 6.45) is 1.80. The van der Waals surface area contributed by atoms with Crippen LogP contribution in [0.1, 0.15) is 30.9 Å². The molecule has 0 bridgehead atoms. The molecule has 0 spiro atoms. The molecule has 1 atom stereocenters. The lowest BCUT2D eigenvalue weighted by Gasteiger charge is -2.13. The Morgan fingerprint density at radius 2 is 1.80 bits per heavy atom. The third kappa shape index (κ3) is 5.40. The molecule has 5 heteroatoms. The Labute approximate surface area is 118 Å². The van der Waals surface area contributed by atoms with Gasteiger partial charge in [0.15, 0.2) is 0 Å². The normalized spacial score (nSPS) is 11.9. The summed E-state index contributed by atoms with van der Waals surface area (Å²) in [4.78, 5) is 22.5. The number of amides is 1. The molecule has 1 aromatic carbocycles. The lowest BCUT2D eigenvalue weighted by molar-refractivity contribution is -0.142. The molecule has 0 aromatic heterocycles. The number of carbonyl (C=O) groups excluding carboxylic acids is 1. The zero-order valence-corrected chi connectivity index (χ0v) is 11.6. The van der Waals surface area contributed by atoms with Crippen LogP contribution < -0.4 is 5.32 Å². The van der Waals surface area contributed by atoms with E-state index in [2.05, 4.69) is 12.2 Å². The monoisotopic (exact) mass is 279 g/mol. The fourth-order valence-electron chi connectivity index (χ4n) is 1.85. The number of aliphatic hydroxyl groups excluding tert-OH is 1. The molecule has 3 N–H and O–H groups in total. The highest BCUT2D eigenvalue weighted by Crippen LogP contribution is 2.07. The van der Waals surface area contributed by atoms with Gasteiger partial charge >= 0.3 is 5.97 Å². The molecule has 0 fully saturated rings. The van der Waals surface area contributed by atoms with Crippen LogP contribution in [0.25, 0.3) is 0 Å². The summed E-state index contributed by atoms with van der Waals surface area (Å²) < 4.78 is 0. The fraction of sp³-hybridized carbons (Fsp3) is 0.467. The van der Waals surface area contributed by atoms with Crippen molar-refractivity contribution in [2.24, 2.45) is 0 Å². The van der Waals surface area contributed by atoms with Crippen molar-refractivity contribution < 1.29 is 19.8 Å². The first-order valence-corrected chi connectivity index (χ1v) is 6.77. The molecule has 0 aliphatic heterocycles. The maximum absolute atomic E-state index is 11.7. The lowest BCUT2D eigenvalue weighted by Crippen LogP contribution is -2.41.